The Morgan fingerprint density at radius 1 is 1.15 bits per heavy atom. The number of aliphatic hydroxyl groups excluding tert-OH is 1. The molecule has 0 aliphatic rings. The van der Waals surface area contributed by atoms with Crippen LogP contribution in [-0.2, 0) is 4.79 Å². The molecule has 1 N–H and O–H groups in total. The van der Waals surface area contributed by atoms with Crippen molar-refractivity contribution in [3.8, 4) is 0 Å². The van der Waals surface area contributed by atoms with Gasteiger partial charge in [-0.15, -0.1) is 11.8 Å². The van der Waals surface area contributed by atoms with Gasteiger partial charge in [0.05, 0.1) is 5.57 Å². The fourth-order valence-electron chi connectivity index (χ4n) is 2.38. The molecule has 0 fully saturated rings. The summed E-state index contributed by atoms with van der Waals surface area (Å²) in [5.41, 5.74) is 1.23. The number of hydrogen-bond acceptors (Lipinski definition) is 3. The number of Topliss-reactive ketones (excluding diaryl/α,β-unsaturated/α-hetero) is 1. The lowest BCUT2D eigenvalue weighted by atomic mass is 9.98. The van der Waals surface area contributed by atoms with Gasteiger partial charge < -0.3 is 5.11 Å². The molecule has 2 rings (SSSR count). The van der Waals surface area contributed by atoms with Crippen LogP contribution in [0.1, 0.15) is 26.3 Å². The van der Waals surface area contributed by atoms with Crippen molar-refractivity contribution in [2.24, 2.45) is 0 Å². The summed E-state index contributed by atoms with van der Waals surface area (Å²) in [6.45, 7) is 5.14. The predicted octanol–water partition coefficient (Wildman–Crippen LogP) is 4.83. The van der Waals surface area contributed by atoms with Crippen molar-refractivity contribution in [2.75, 3.05) is 5.75 Å². The molecule has 2 aromatic carbocycles. The molecular formula is C17H18O2S. The van der Waals surface area contributed by atoms with Gasteiger partial charge in [0.15, 0.2) is 5.78 Å². The second-order valence-corrected chi connectivity index (χ2v) is 5.89. The average Bonchev–Trinajstić information content (AvgIpc) is 2.40. The van der Waals surface area contributed by atoms with Crippen LogP contribution < -0.4 is 0 Å². The Bertz CT molecular complexity index is 682. The van der Waals surface area contributed by atoms with Crippen molar-refractivity contribution in [3.63, 3.8) is 0 Å². The number of allylic oxidation sites excluding steroid dienone is 2. The smallest absolute Gasteiger partial charge is 0.163 e. The molecule has 0 amide bonds. The summed E-state index contributed by atoms with van der Waals surface area (Å²) >= 11 is 1.70. The van der Waals surface area contributed by atoms with Crippen LogP contribution in [0.15, 0.2) is 47.1 Å². The fraction of sp³-hybridized carbons (Fsp3) is 0.235. The zero-order chi connectivity index (χ0) is 14.7. The van der Waals surface area contributed by atoms with Crippen LogP contribution in [0.25, 0.3) is 16.3 Å². The van der Waals surface area contributed by atoms with Gasteiger partial charge in [0, 0.05) is 10.5 Å². The molecule has 104 valence electrons. The Hall–Kier alpha value is -1.74. The molecule has 0 saturated carbocycles. The minimum atomic E-state index is -0.113. The highest BCUT2D eigenvalue weighted by Crippen LogP contribution is 2.36. The van der Waals surface area contributed by atoms with E-state index in [2.05, 4.69) is 19.1 Å². The van der Waals surface area contributed by atoms with Crippen LogP contribution in [0, 0.1) is 0 Å². The molecule has 0 unspecified atom stereocenters. The lowest BCUT2D eigenvalue weighted by molar-refractivity contribution is -0.111. The largest absolute Gasteiger partial charge is 0.512 e. The topological polar surface area (TPSA) is 37.3 Å². The number of carbonyl (C=O) groups is 1. The summed E-state index contributed by atoms with van der Waals surface area (Å²) in [7, 11) is 0. The second kappa shape index (κ2) is 6.14. The van der Waals surface area contributed by atoms with E-state index in [0.717, 1.165) is 27.0 Å². The first kappa shape index (κ1) is 14.7. The van der Waals surface area contributed by atoms with E-state index in [1.165, 1.54) is 6.92 Å². The minimum Gasteiger partial charge on any atom is -0.512 e. The van der Waals surface area contributed by atoms with Crippen LogP contribution in [0.3, 0.4) is 0 Å². The predicted molar refractivity (Wildman–Crippen MR) is 86.2 cm³/mol. The van der Waals surface area contributed by atoms with Crippen molar-refractivity contribution in [3.05, 3.63) is 47.7 Å². The van der Waals surface area contributed by atoms with Crippen LogP contribution in [-0.4, -0.2) is 16.6 Å². The minimum absolute atomic E-state index is 0.0748. The van der Waals surface area contributed by atoms with E-state index >= 15 is 0 Å². The molecule has 0 aliphatic heterocycles. The maximum atomic E-state index is 11.9. The molecule has 2 nitrogen and oxygen atoms in total. The Balaban J connectivity index is 2.79. The number of fused-ring (bicyclic) bond motifs is 1. The Kier molecular flexibility index (Phi) is 4.50. The molecule has 0 bridgehead atoms. The highest BCUT2D eigenvalue weighted by Gasteiger charge is 2.17. The number of carbonyl (C=O) groups excluding carboxylic acids is 1. The van der Waals surface area contributed by atoms with Gasteiger partial charge in [0.1, 0.15) is 5.76 Å². The summed E-state index contributed by atoms with van der Waals surface area (Å²) in [4.78, 5) is 12.9. The highest BCUT2D eigenvalue weighted by atomic mass is 32.2. The molecule has 0 heterocycles. The summed E-state index contributed by atoms with van der Waals surface area (Å²) < 4.78 is 0. The third-order valence-electron chi connectivity index (χ3n) is 3.15. The number of rotatable bonds is 4. The van der Waals surface area contributed by atoms with Crippen molar-refractivity contribution in [2.45, 2.75) is 25.7 Å². The van der Waals surface area contributed by atoms with E-state index in [1.54, 1.807) is 18.7 Å². The van der Waals surface area contributed by atoms with E-state index in [-0.39, 0.29) is 11.5 Å². The van der Waals surface area contributed by atoms with E-state index in [0.29, 0.717) is 5.57 Å². The van der Waals surface area contributed by atoms with Gasteiger partial charge in [-0.05, 0) is 30.4 Å². The monoisotopic (exact) mass is 286 g/mol. The van der Waals surface area contributed by atoms with Crippen molar-refractivity contribution < 1.29 is 9.90 Å². The number of thioether (sulfide) groups is 1. The quantitative estimate of drug-likeness (QED) is 0.497. The van der Waals surface area contributed by atoms with Crippen LogP contribution in [0.4, 0.5) is 0 Å². The van der Waals surface area contributed by atoms with Gasteiger partial charge in [-0.25, -0.2) is 0 Å². The first-order chi connectivity index (χ1) is 9.56. The first-order valence-electron chi connectivity index (χ1n) is 6.62. The maximum Gasteiger partial charge on any atom is 0.163 e. The molecule has 2 aromatic rings. The van der Waals surface area contributed by atoms with Crippen molar-refractivity contribution >= 4 is 33.9 Å². The molecule has 0 aliphatic carbocycles. The Morgan fingerprint density at radius 3 is 2.45 bits per heavy atom. The third-order valence-corrected chi connectivity index (χ3v) is 4.17. The van der Waals surface area contributed by atoms with Crippen molar-refractivity contribution in [1.29, 1.82) is 0 Å². The molecule has 0 aromatic heterocycles. The SMILES string of the molecule is CCSc1c(/C(C(C)=O)=C(/C)O)ccc2ccccc12. The van der Waals surface area contributed by atoms with Crippen LogP contribution in [0.2, 0.25) is 0 Å². The zero-order valence-electron chi connectivity index (χ0n) is 11.9. The van der Waals surface area contributed by atoms with E-state index in [4.69, 9.17) is 0 Å². The Labute approximate surface area is 123 Å². The first-order valence-corrected chi connectivity index (χ1v) is 7.60. The standard InChI is InChI=1S/C17H18O2S/c1-4-20-17-14-8-6-5-7-13(14)9-10-15(17)16(11(2)18)12(3)19/h5-10,18H,4H2,1-3H3/b16-11-. The maximum absolute atomic E-state index is 11.9. The van der Waals surface area contributed by atoms with Gasteiger partial charge in [0.25, 0.3) is 0 Å². The lowest BCUT2D eigenvalue weighted by Gasteiger charge is -2.14. The lowest BCUT2D eigenvalue weighted by Crippen LogP contribution is -2.01. The second-order valence-electron chi connectivity index (χ2n) is 4.61. The number of benzene rings is 2. The summed E-state index contributed by atoms with van der Waals surface area (Å²) in [5, 5.41) is 12.1. The number of aliphatic hydroxyl groups is 1. The van der Waals surface area contributed by atoms with Gasteiger partial charge in [0.2, 0.25) is 0 Å². The third kappa shape index (κ3) is 2.73. The van der Waals surface area contributed by atoms with Gasteiger partial charge in [-0.1, -0.05) is 43.3 Å². The average molecular weight is 286 g/mol. The van der Waals surface area contributed by atoms with Crippen LogP contribution >= 0.6 is 11.8 Å². The summed E-state index contributed by atoms with van der Waals surface area (Å²) in [5.74, 6) is 0.875. The zero-order valence-corrected chi connectivity index (χ0v) is 12.8. The van der Waals surface area contributed by atoms with Crippen molar-refractivity contribution in [1.82, 2.24) is 0 Å². The van der Waals surface area contributed by atoms with E-state index in [1.807, 2.05) is 24.3 Å². The summed E-state index contributed by atoms with van der Waals surface area (Å²) in [6, 6.07) is 12.0. The number of ketones is 1. The highest BCUT2D eigenvalue weighted by molar-refractivity contribution is 7.99. The van der Waals surface area contributed by atoms with E-state index < -0.39 is 0 Å². The summed E-state index contributed by atoms with van der Waals surface area (Å²) in [6.07, 6.45) is 0. The molecule has 0 saturated heterocycles. The molecule has 0 atom stereocenters. The molecule has 3 heteroatoms. The number of hydrogen-bond donors (Lipinski definition) is 1. The molecule has 20 heavy (non-hydrogen) atoms. The molecule has 0 spiro atoms. The van der Waals surface area contributed by atoms with Crippen LogP contribution in [0.5, 0.6) is 0 Å². The van der Waals surface area contributed by atoms with Gasteiger partial charge in [-0.2, -0.15) is 0 Å². The Morgan fingerprint density at radius 2 is 1.85 bits per heavy atom. The fourth-order valence-corrected chi connectivity index (χ4v) is 3.33. The van der Waals surface area contributed by atoms with Gasteiger partial charge >= 0.3 is 0 Å². The molecular weight excluding hydrogens is 268 g/mol. The normalized spacial score (nSPS) is 12.3. The molecule has 0 radical (unpaired) electrons. The van der Waals surface area contributed by atoms with E-state index in [9.17, 15) is 9.90 Å². The van der Waals surface area contributed by atoms with Gasteiger partial charge in [-0.3, -0.25) is 4.79 Å².